The standard InChI is InChI=1S/C11H13NO/c1-8-6-7-9-4-2-3-5-10(13)11(9)12-8/h6-7H,2-5H2,1H3. The van der Waals surface area contributed by atoms with E-state index in [1.54, 1.807) is 0 Å². The molecule has 13 heavy (non-hydrogen) atoms. The maximum absolute atomic E-state index is 11.6. The van der Waals surface area contributed by atoms with Gasteiger partial charge in [0.15, 0.2) is 5.78 Å². The summed E-state index contributed by atoms with van der Waals surface area (Å²) in [4.78, 5) is 15.9. The van der Waals surface area contributed by atoms with E-state index in [-0.39, 0.29) is 5.78 Å². The maximum atomic E-state index is 11.6. The second-order valence-electron chi connectivity index (χ2n) is 3.59. The SMILES string of the molecule is Cc1ccc2c(n1)C(=O)CCCC2. The average molecular weight is 175 g/mol. The molecule has 0 spiro atoms. The minimum atomic E-state index is 0.219. The van der Waals surface area contributed by atoms with Gasteiger partial charge in [-0.3, -0.25) is 4.79 Å². The molecule has 0 fully saturated rings. The molecule has 0 saturated heterocycles. The number of fused-ring (bicyclic) bond motifs is 1. The van der Waals surface area contributed by atoms with E-state index in [9.17, 15) is 4.79 Å². The number of aryl methyl sites for hydroxylation is 2. The third-order valence-corrected chi connectivity index (χ3v) is 2.48. The zero-order valence-electron chi connectivity index (χ0n) is 7.84. The van der Waals surface area contributed by atoms with Gasteiger partial charge in [-0.15, -0.1) is 0 Å². The van der Waals surface area contributed by atoms with Gasteiger partial charge in [0.1, 0.15) is 5.69 Å². The van der Waals surface area contributed by atoms with Crippen LogP contribution in [0.5, 0.6) is 0 Å². The van der Waals surface area contributed by atoms with Gasteiger partial charge in [-0.25, -0.2) is 4.98 Å². The lowest BCUT2D eigenvalue weighted by atomic mass is 10.1. The van der Waals surface area contributed by atoms with Crippen molar-refractivity contribution in [2.24, 2.45) is 0 Å². The Morgan fingerprint density at radius 1 is 1.23 bits per heavy atom. The highest BCUT2D eigenvalue weighted by Gasteiger charge is 2.16. The molecule has 0 atom stereocenters. The molecule has 0 amide bonds. The van der Waals surface area contributed by atoms with E-state index in [1.807, 2.05) is 19.1 Å². The highest BCUT2D eigenvalue weighted by atomic mass is 16.1. The molecule has 2 nitrogen and oxygen atoms in total. The number of carbonyl (C=O) groups excluding carboxylic acids is 1. The fourth-order valence-electron chi connectivity index (χ4n) is 1.75. The van der Waals surface area contributed by atoms with Crippen LogP contribution in [-0.4, -0.2) is 10.8 Å². The lowest BCUT2D eigenvalue weighted by molar-refractivity contribution is 0.0977. The van der Waals surface area contributed by atoms with E-state index in [0.717, 1.165) is 36.2 Å². The first-order chi connectivity index (χ1) is 6.27. The topological polar surface area (TPSA) is 30.0 Å². The summed E-state index contributed by atoms with van der Waals surface area (Å²) in [5, 5.41) is 0. The summed E-state index contributed by atoms with van der Waals surface area (Å²) in [5.41, 5.74) is 2.79. The van der Waals surface area contributed by atoms with Crippen molar-refractivity contribution in [1.29, 1.82) is 0 Å². The predicted octanol–water partition coefficient (Wildman–Crippen LogP) is 2.30. The van der Waals surface area contributed by atoms with Gasteiger partial charge in [-0.05, 0) is 37.8 Å². The largest absolute Gasteiger partial charge is 0.292 e. The lowest BCUT2D eigenvalue weighted by Crippen LogP contribution is -2.04. The Hall–Kier alpha value is -1.18. The van der Waals surface area contributed by atoms with Crippen LogP contribution in [0.1, 0.15) is 41.0 Å². The van der Waals surface area contributed by atoms with Gasteiger partial charge in [-0.2, -0.15) is 0 Å². The summed E-state index contributed by atoms with van der Waals surface area (Å²) in [6.45, 7) is 1.93. The van der Waals surface area contributed by atoms with Crippen molar-refractivity contribution >= 4 is 5.78 Å². The van der Waals surface area contributed by atoms with Crippen LogP contribution in [0.2, 0.25) is 0 Å². The summed E-state index contributed by atoms with van der Waals surface area (Å²) >= 11 is 0. The van der Waals surface area contributed by atoms with E-state index in [2.05, 4.69) is 4.98 Å². The van der Waals surface area contributed by atoms with Crippen LogP contribution in [0.15, 0.2) is 12.1 Å². The molecule has 1 heterocycles. The van der Waals surface area contributed by atoms with Gasteiger partial charge in [-0.1, -0.05) is 6.07 Å². The quantitative estimate of drug-likeness (QED) is 0.566. The molecule has 0 N–H and O–H groups in total. The number of aromatic nitrogens is 1. The van der Waals surface area contributed by atoms with E-state index < -0.39 is 0 Å². The number of hydrogen-bond acceptors (Lipinski definition) is 2. The summed E-state index contributed by atoms with van der Waals surface area (Å²) in [6.07, 6.45) is 3.80. The molecular formula is C11H13NO. The van der Waals surface area contributed by atoms with Gasteiger partial charge >= 0.3 is 0 Å². The van der Waals surface area contributed by atoms with Crippen molar-refractivity contribution in [2.75, 3.05) is 0 Å². The van der Waals surface area contributed by atoms with Crippen LogP contribution in [0.3, 0.4) is 0 Å². The smallest absolute Gasteiger partial charge is 0.181 e. The normalized spacial score (nSPS) is 16.5. The van der Waals surface area contributed by atoms with Crippen molar-refractivity contribution in [3.05, 3.63) is 29.1 Å². The van der Waals surface area contributed by atoms with Gasteiger partial charge in [0, 0.05) is 12.1 Å². The summed E-state index contributed by atoms with van der Waals surface area (Å²) in [5.74, 6) is 0.219. The van der Waals surface area contributed by atoms with Crippen molar-refractivity contribution in [3.63, 3.8) is 0 Å². The number of hydrogen-bond donors (Lipinski definition) is 0. The minimum absolute atomic E-state index is 0.219. The molecule has 1 aromatic rings. The zero-order chi connectivity index (χ0) is 9.26. The first-order valence-electron chi connectivity index (χ1n) is 4.77. The molecule has 0 aromatic carbocycles. The highest BCUT2D eigenvalue weighted by molar-refractivity contribution is 5.95. The maximum Gasteiger partial charge on any atom is 0.181 e. The van der Waals surface area contributed by atoms with Crippen LogP contribution in [-0.2, 0) is 6.42 Å². The number of rotatable bonds is 0. The fraction of sp³-hybridized carbons (Fsp3) is 0.455. The average Bonchev–Trinajstić information content (AvgIpc) is 2.29. The lowest BCUT2D eigenvalue weighted by Gasteiger charge is -2.03. The zero-order valence-corrected chi connectivity index (χ0v) is 7.84. The molecule has 2 heteroatoms. The van der Waals surface area contributed by atoms with Crippen molar-refractivity contribution < 1.29 is 4.79 Å². The van der Waals surface area contributed by atoms with Crippen molar-refractivity contribution in [3.8, 4) is 0 Å². The second kappa shape index (κ2) is 3.29. The molecule has 2 rings (SSSR count). The molecule has 0 saturated carbocycles. The van der Waals surface area contributed by atoms with Crippen LogP contribution in [0.4, 0.5) is 0 Å². The molecule has 1 aromatic heterocycles. The Morgan fingerprint density at radius 3 is 2.85 bits per heavy atom. The van der Waals surface area contributed by atoms with Gasteiger partial charge in [0.05, 0.1) is 0 Å². The molecule has 0 unspecified atom stereocenters. The Bertz CT molecular complexity index is 344. The number of pyridine rings is 1. The van der Waals surface area contributed by atoms with Crippen LogP contribution in [0.25, 0.3) is 0 Å². The number of nitrogens with zero attached hydrogens (tertiary/aromatic N) is 1. The summed E-state index contributed by atoms with van der Waals surface area (Å²) in [6, 6.07) is 4.03. The number of carbonyl (C=O) groups is 1. The summed E-state index contributed by atoms with van der Waals surface area (Å²) < 4.78 is 0. The first kappa shape index (κ1) is 8.42. The number of Topliss-reactive ketones (excluding diaryl/α,β-unsaturated/α-hetero) is 1. The van der Waals surface area contributed by atoms with E-state index in [1.165, 1.54) is 0 Å². The Morgan fingerprint density at radius 2 is 2.00 bits per heavy atom. The van der Waals surface area contributed by atoms with Gasteiger partial charge in [0.25, 0.3) is 0 Å². The third-order valence-electron chi connectivity index (χ3n) is 2.48. The van der Waals surface area contributed by atoms with Gasteiger partial charge in [0.2, 0.25) is 0 Å². The van der Waals surface area contributed by atoms with Crippen LogP contribution in [0, 0.1) is 6.92 Å². The molecule has 0 aliphatic heterocycles. The predicted molar refractivity (Wildman–Crippen MR) is 50.9 cm³/mol. The van der Waals surface area contributed by atoms with E-state index >= 15 is 0 Å². The van der Waals surface area contributed by atoms with E-state index in [4.69, 9.17) is 0 Å². The minimum Gasteiger partial charge on any atom is -0.292 e. The molecule has 68 valence electrons. The monoisotopic (exact) mass is 175 g/mol. The molecule has 1 aliphatic rings. The molecule has 0 bridgehead atoms. The van der Waals surface area contributed by atoms with E-state index in [0.29, 0.717) is 6.42 Å². The van der Waals surface area contributed by atoms with Crippen molar-refractivity contribution in [2.45, 2.75) is 32.6 Å². The molecular weight excluding hydrogens is 162 g/mol. The van der Waals surface area contributed by atoms with Crippen molar-refractivity contribution in [1.82, 2.24) is 4.98 Å². The highest BCUT2D eigenvalue weighted by Crippen LogP contribution is 2.18. The second-order valence-corrected chi connectivity index (χ2v) is 3.59. The van der Waals surface area contributed by atoms with Gasteiger partial charge < -0.3 is 0 Å². The molecule has 0 radical (unpaired) electrons. The third kappa shape index (κ3) is 1.62. The Kier molecular flexibility index (Phi) is 2.13. The van der Waals surface area contributed by atoms with Crippen LogP contribution >= 0.6 is 0 Å². The fourth-order valence-corrected chi connectivity index (χ4v) is 1.75. The Balaban J connectivity index is 2.49. The number of ketones is 1. The van der Waals surface area contributed by atoms with Crippen LogP contribution < -0.4 is 0 Å². The summed E-state index contributed by atoms with van der Waals surface area (Å²) in [7, 11) is 0. The first-order valence-corrected chi connectivity index (χ1v) is 4.77. The Labute approximate surface area is 78.0 Å². The molecule has 1 aliphatic carbocycles.